The summed E-state index contributed by atoms with van der Waals surface area (Å²) in [5, 5.41) is 4.94. The molecule has 0 spiro atoms. The molecule has 9 heteroatoms. The Bertz CT molecular complexity index is 1150. The average Bonchev–Trinajstić information content (AvgIpc) is 3.52. The summed E-state index contributed by atoms with van der Waals surface area (Å²) in [5.74, 6) is 0.805. The molecule has 1 fully saturated rings. The Morgan fingerprint density at radius 2 is 2.03 bits per heavy atom. The van der Waals surface area contributed by atoms with Crippen molar-refractivity contribution in [3.8, 4) is 0 Å². The van der Waals surface area contributed by atoms with E-state index in [-0.39, 0.29) is 5.91 Å². The fourth-order valence-electron chi connectivity index (χ4n) is 3.97. The van der Waals surface area contributed by atoms with Gasteiger partial charge in [0.2, 0.25) is 15.9 Å². The van der Waals surface area contributed by atoms with Crippen molar-refractivity contribution in [3.63, 3.8) is 0 Å². The van der Waals surface area contributed by atoms with E-state index in [0.717, 1.165) is 42.0 Å². The molecule has 7 nitrogen and oxygen atoms in total. The largest absolute Gasteiger partial charge is 0.351 e. The van der Waals surface area contributed by atoms with Gasteiger partial charge in [-0.1, -0.05) is 13.0 Å². The lowest BCUT2D eigenvalue weighted by atomic mass is 10.2. The van der Waals surface area contributed by atoms with Crippen molar-refractivity contribution in [2.45, 2.75) is 57.0 Å². The van der Waals surface area contributed by atoms with Crippen molar-refractivity contribution in [1.29, 1.82) is 0 Å². The second-order valence-electron chi connectivity index (χ2n) is 7.80. The van der Waals surface area contributed by atoms with Crippen LogP contribution in [0.4, 0.5) is 0 Å². The number of amides is 1. The van der Waals surface area contributed by atoms with Crippen molar-refractivity contribution < 1.29 is 13.2 Å². The van der Waals surface area contributed by atoms with Crippen LogP contribution < -0.4 is 5.32 Å². The van der Waals surface area contributed by atoms with Gasteiger partial charge in [0.05, 0.1) is 22.5 Å². The Labute approximate surface area is 187 Å². The second-order valence-corrected chi connectivity index (χ2v) is 10.8. The molecule has 0 bridgehead atoms. The van der Waals surface area contributed by atoms with Gasteiger partial charge < -0.3 is 9.88 Å². The predicted octanol–water partition coefficient (Wildman–Crippen LogP) is 3.54. The third kappa shape index (κ3) is 4.83. The number of benzene rings is 1. The van der Waals surface area contributed by atoms with Gasteiger partial charge in [0.1, 0.15) is 5.82 Å². The number of hydrogen-bond donors (Lipinski definition) is 1. The summed E-state index contributed by atoms with van der Waals surface area (Å²) < 4.78 is 29.5. The van der Waals surface area contributed by atoms with E-state index in [1.165, 1.54) is 0 Å². The van der Waals surface area contributed by atoms with Crippen LogP contribution in [0, 0.1) is 0 Å². The number of aromatic nitrogens is 2. The topological polar surface area (TPSA) is 84.3 Å². The van der Waals surface area contributed by atoms with Crippen molar-refractivity contribution in [2.24, 2.45) is 0 Å². The van der Waals surface area contributed by atoms with Gasteiger partial charge in [0, 0.05) is 37.4 Å². The van der Waals surface area contributed by atoms with Crippen molar-refractivity contribution in [3.05, 3.63) is 46.4 Å². The van der Waals surface area contributed by atoms with E-state index >= 15 is 0 Å². The minimum absolute atomic E-state index is 0.0131. The molecule has 0 unspecified atom stereocenters. The summed E-state index contributed by atoms with van der Waals surface area (Å²) in [6, 6.07) is 9.18. The number of fused-ring (bicyclic) bond motifs is 1. The van der Waals surface area contributed by atoms with E-state index in [4.69, 9.17) is 4.98 Å². The molecule has 1 aliphatic rings. The molecule has 31 heavy (non-hydrogen) atoms. The fourth-order valence-corrected chi connectivity index (χ4v) is 6.16. The molecule has 166 valence electrons. The van der Waals surface area contributed by atoms with Gasteiger partial charge in [-0.05, 0) is 48.9 Å². The molecule has 0 radical (unpaired) electrons. The molecule has 1 saturated heterocycles. The number of hydrogen-bond acceptors (Lipinski definition) is 5. The number of aryl methyl sites for hydroxylation is 2. The van der Waals surface area contributed by atoms with Gasteiger partial charge in [-0.25, -0.2) is 13.4 Å². The average molecular weight is 461 g/mol. The summed E-state index contributed by atoms with van der Waals surface area (Å²) in [7, 11) is -3.48. The van der Waals surface area contributed by atoms with Gasteiger partial charge in [-0.2, -0.15) is 4.31 Å². The normalized spacial score (nSPS) is 15.0. The Balaban J connectivity index is 1.52. The molecule has 0 aliphatic carbocycles. The minimum Gasteiger partial charge on any atom is -0.351 e. The van der Waals surface area contributed by atoms with Gasteiger partial charge in [-0.3, -0.25) is 4.79 Å². The first-order valence-corrected chi connectivity index (χ1v) is 13.1. The standard InChI is InChI=1S/C22H28N4O3S2/c1-2-11-26-20-8-7-18(31(28,29)25-12-3-4-13-25)15-19(20)24-21(26)9-10-22(27)23-16-17-6-5-14-30-17/h5-8,14-15H,2-4,9-13,16H2,1H3,(H,23,27). The molecule has 3 heterocycles. The third-order valence-electron chi connectivity index (χ3n) is 5.56. The van der Waals surface area contributed by atoms with Crippen LogP contribution in [0.5, 0.6) is 0 Å². The summed E-state index contributed by atoms with van der Waals surface area (Å²) in [6.07, 6.45) is 3.60. The first kappa shape index (κ1) is 22.0. The molecule has 4 rings (SSSR count). The number of thiophene rings is 1. The number of imidazole rings is 1. The predicted molar refractivity (Wildman–Crippen MR) is 123 cm³/mol. The third-order valence-corrected chi connectivity index (χ3v) is 8.34. The van der Waals surface area contributed by atoms with Crippen LogP contribution in [0.1, 0.15) is 43.3 Å². The van der Waals surface area contributed by atoms with E-state index in [0.29, 0.717) is 42.9 Å². The smallest absolute Gasteiger partial charge is 0.243 e. The number of sulfonamides is 1. The van der Waals surface area contributed by atoms with Crippen LogP contribution in [0.2, 0.25) is 0 Å². The molecule has 1 N–H and O–H groups in total. The Morgan fingerprint density at radius 1 is 1.23 bits per heavy atom. The number of carbonyl (C=O) groups is 1. The molecule has 1 amide bonds. The molecule has 3 aromatic rings. The van der Waals surface area contributed by atoms with Crippen molar-refractivity contribution in [2.75, 3.05) is 13.1 Å². The lowest BCUT2D eigenvalue weighted by molar-refractivity contribution is -0.121. The van der Waals surface area contributed by atoms with Crippen LogP contribution in [0.15, 0.2) is 40.6 Å². The maximum absolute atomic E-state index is 12.9. The highest BCUT2D eigenvalue weighted by Gasteiger charge is 2.27. The van der Waals surface area contributed by atoms with E-state index < -0.39 is 10.0 Å². The summed E-state index contributed by atoms with van der Waals surface area (Å²) in [6.45, 7) is 4.57. The van der Waals surface area contributed by atoms with Gasteiger partial charge in [-0.15, -0.1) is 11.3 Å². The van der Waals surface area contributed by atoms with E-state index in [1.807, 2.05) is 23.6 Å². The molecule has 1 aromatic carbocycles. The van der Waals surface area contributed by atoms with Crippen LogP contribution >= 0.6 is 11.3 Å². The van der Waals surface area contributed by atoms with Crippen molar-refractivity contribution >= 4 is 38.3 Å². The minimum atomic E-state index is -3.48. The molecule has 2 aromatic heterocycles. The monoisotopic (exact) mass is 460 g/mol. The van der Waals surface area contributed by atoms with Crippen LogP contribution in [-0.4, -0.2) is 41.3 Å². The summed E-state index contributed by atoms with van der Waals surface area (Å²) >= 11 is 1.62. The van der Waals surface area contributed by atoms with E-state index in [1.54, 1.807) is 27.8 Å². The lowest BCUT2D eigenvalue weighted by Gasteiger charge is -2.15. The molecule has 0 atom stereocenters. The zero-order chi connectivity index (χ0) is 21.8. The van der Waals surface area contributed by atoms with Gasteiger partial charge >= 0.3 is 0 Å². The summed E-state index contributed by atoms with van der Waals surface area (Å²) in [5.41, 5.74) is 1.58. The van der Waals surface area contributed by atoms with Crippen LogP contribution in [-0.2, 0) is 34.3 Å². The highest BCUT2D eigenvalue weighted by Crippen LogP contribution is 2.25. The maximum Gasteiger partial charge on any atom is 0.243 e. The van der Waals surface area contributed by atoms with E-state index in [9.17, 15) is 13.2 Å². The first-order chi connectivity index (χ1) is 15.0. The Morgan fingerprint density at radius 3 is 2.74 bits per heavy atom. The molecule has 1 aliphatic heterocycles. The quantitative estimate of drug-likeness (QED) is 0.529. The zero-order valence-corrected chi connectivity index (χ0v) is 19.3. The second kappa shape index (κ2) is 9.50. The van der Waals surface area contributed by atoms with Crippen LogP contribution in [0.25, 0.3) is 11.0 Å². The number of carbonyl (C=O) groups excluding carboxylic acids is 1. The first-order valence-electron chi connectivity index (χ1n) is 10.8. The summed E-state index contributed by atoms with van der Waals surface area (Å²) in [4.78, 5) is 18.4. The van der Waals surface area contributed by atoms with Gasteiger partial charge in [0.15, 0.2) is 0 Å². The van der Waals surface area contributed by atoms with E-state index in [2.05, 4.69) is 16.8 Å². The van der Waals surface area contributed by atoms with Gasteiger partial charge in [0.25, 0.3) is 0 Å². The molecular weight excluding hydrogens is 432 g/mol. The SMILES string of the molecule is CCCn1c(CCC(=O)NCc2cccs2)nc2cc(S(=O)(=O)N3CCCC3)ccc21. The number of rotatable bonds is 9. The number of nitrogens with one attached hydrogen (secondary N) is 1. The zero-order valence-electron chi connectivity index (χ0n) is 17.7. The van der Waals surface area contributed by atoms with Crippen molar-refractivity contribution in [1.82, 2.24) is 19.2 Å². The lowest BCUT2D eigenvalue weighted by Crippen LogP contribution is -2.27. The Kier molecular flexibility index (Phi) is 6.74. The Hall–Kier alpha value is -2.23. The van der Waals surface area contributed by atoms with Crippen LogP contribution in [0.3, 0.4) is 0 Å². The molecular formula is C22H28N4O3S2. The fraction of sp³-hybridized carbons (Fsp3) is 0.455. The molecule has 0 saturated carbocycles. The maximum atomic E-state index is 12.9. The number of nitrogens with zero attached hydrogens (tertiary/aromatic N) is 3. The highest BCUT2D eigenvalue weighted by molar-refractivity contribution is 7.89. The highest BCUT2D eigenvalue weighted by atomic mass is 32.2.